The Hall–Kier alpha value is -6.34. The summed E-state index contributed by atoms with van der Waals surface area (Å²) in [5.74, 6) is -5.40. The van der Waals surface area contributed by atoms with E-state index in [2.05, 4.69) is 9.47 Å². The van der Waals surface area contributed by atoms with Crippen molar-refractivity contribution < 1.29 is 77.7 Å². The van der Waals surface area contributed by atoms with E-state index in [9.17, 15) is 38.4 Å². The fourth-order valence-corrected chi connectivity index (χ4v) is 5.63. The van der Waals surface area contributed by atoms with Gasteiger partial charge in [-0.15, -0.1) is 0 Å². The first kappa shape index (κ1) is 47.0. The molecule has 2 unspecified atom stereocenters. The fraction of sp³-hybridized carbons (Fsp3) is 0.366. The van der Waals surface area contributed by atoms with Gasteiger partial charge < -0.3 is 39.4 Å². The SMILES string of the molecule is CC(OCCCOCCN1C(=O)c2ccc(C(=O)O)cc2C1=O)C(C)N1C(=O)c2ccc(C(=O)O)cc2C1=O.COC(=O)c1ccc(C(=O)OC)cc1.OCCCCO. The van der Waals surface area contributed by atoms with Crippen molar-refractivity contribution in [1.29, 1.82) is 0 Å². The molecule has 0 radical (unpaired) electrons. The predicted molar refractivity (Wildman–Crippen MR) is 206 cm³/mol. The second-order valence-electron chi connectivity index (χ2n) is 12.9. The molecule has 0 bridgehead atoms. The maximum Gasteiger partial charge on any atom is 0.337 e. The van der Waals surface area contributed by atoms with Crippen molar-refractivity contribution in [3.05, 3.63) is 105 Å². The van der Waals surface area contributed by atoms with Gasteiger partial charge in [0.25, 0.3) is 23.6 Å². The van der Waals surface area contributed by atoms with Crippen molar-refractivity contribution in [2.45, 2.75) is 45.3 Å². The zero-order valence-corrected chi connectivity index (χ0v) is 32.9. The molecule has 2 aliphatic heterocycles. The van der Waals surface area contributed by atoms with E-state index in [0.29, 0.717) is 17.5 Å². The summed E-state index contributed by atoms with van der Waals surface area (Å²) in [4.78, 5) is 97.0. The van der Waals surface area contributed by atoms with Crippen LogP contribution in [0.15, 0.2) is 60.7 Å². The zero-order chi connectivity index (χ0) is 43.8. The van der Waals surface area contributed by atoms with E-state index in [4.69, 9.17) is 29.9 Å². The molecule has 0 aliphatic carbocycles. The summed E-state index contributed by atoms with van der Waals surface area (Å²) in [5, 5.41) is 34.4. The number of esters is 2. The highest BCUT2D eigenvalue weighted by molar-refractivity contribution is 6.22. The highest BCUT2D eigenvalue weighted by Crippen LogP contribution is 2.28. The minimum Gasteiger partial charge on any atom is -0.478 e. The van der Waals surface area contributed by atoms with E-state index in [-0.39, 0.29) is 73.0 Å². The normalized spacial score (nSPS) is 13.7. The van der Waals surface area contributed by atoms with Gasteiger partial charge in [-0.3, -0.25) is 29.0 Å². The Kier molecular flexibility index (Phi) is 18.0. The van der Waals surface area contributed by atoms with Gasteiger partial charge >= 0.3 is 23.9 Å². The Balaban J connectivity index is 0.000000382. The molecule has 0 fully saturated rings. The molecule has 2 heterocycles. The van der Waals surface area contributed by atoms with Gasteiger partial charge in [0.1, 0.15) is 0 Å². The van der Waals surface area contributed by atoms with Crippen LogP contribution in [0.4, 0.5) is 0 Å². The number of ether oxygens (including phenoxy) is 4. The van der Waals surface area contributed by atoms with Gasteiger partial charge in [0, 0.05) is 26.4 Å². The lowest BCUT2D eigenvalue weighted by molar-refractivity contribution is -0.000945. The first-order valence-electron chi connectivity index (χ1n) is 18.3. The van der Waals surface area contributed by atoms with E-state index in [1.54, 1.807) is 13.8 Å². The molecule has 18 heteroatoms. The summed E-state index contributed by atoms with van der Waals surface area (Å²) in [7, 11) is 2.60. The quantitative estimate of drug-likeness (QED) is 0.0866. The van der Waals surface area contributed by atoms with Crippen molar-refractivity contribution in [3.63, 3.8) is 0 Å². The topological polar surface area (TPSA) is 261 Å². The summed E-state index contributed by atoms with van der Waals surface area (Å²) in [5.41, 5.74) is 1.06. The molecule has 4 amide bonds. The predicted octanol–water partition coefficient (Wildman–Crippen LogP) is 3.19. The number of carbonyl (C=O) groups is 8. The third-order valence-electron chi connectivity index (χ3n) is 9.04. The Morgan fingerprint density at radius 3 is 1.46 bits per heavy atom. The molecule has 5 rings (SSSR count). The molecule has 4 N–H and O–H groups in total. The first-order chi connectivity index (χ1) is 28.1. The number of methoxy groups -OCH3 is 2. The van der Waals surface area contributed by atoms with Gasteiger partial charge in [-0.1, -0.05) is 0 Å². The molecular weight excluding hydrogens is 776 g/mol. The number of rotatable bonds is 17. The molecule has 2 aliphatic rings. The highest BCUT2D eigenvalue weighted by atomic mass is 16.5. The van der Waals surface area contributed by atoms with Crippen LogP contribution in [0.2, 0.25) is 0 Å². The molecule has 59 heavy (non-hydrogen) atoms. The number of unbranched alkanes of at least 4 members (excludes halogenated alkanes) is 1. The third kappa shape index (κ3) is 12.1. The summed E-state index contributed by atoms with van der Waals surface area (Å²) in [6, 6.07) is 13.0. The number of nitrogens with zero attached hydrogens (tertiary/aromatic N) is 2. The van der Waals surface area contributed by atoms with Crippen LogP contribution < -0.4 is 0 Å². The molecule has 3 aromatic rings. The number of aromatic carboxylic acids is 2. The molecule has 0 aromatic heterocycles. The van der Waals surface area contributed by atoms with Crippen molar-refractivity contribution in [3.8, 4) is 0 Å². The van der Waals surface area contributed by atoms with E-state index in [0.717, 1.165) is 22.6 Å². The largest absolute Gasteiger partial charge is 0.478 e. The number of fused-ring (bicyclic) bond motifs is 2. The van der Waals surface area contributed by atoms with Gasteiger partial charge in [-0.25, -0.2) is 19.2 Å². The Labute approximate surface area is 338 Å². The number of carbonyl (C=O) groups excluding carboxylic acids is 6. The lowest BCUT2D eigenvalue weighted by Gasteiger charge is -2.28. The number of benzene rings is 3. The maximum atomic E-state index is 12.8. The minimum absolute atomic E-state index is 0.00633. The van der Waals surface area contributed by atoms with Gasteiger partial charge in [0.15, 0.2) is 0 Å². The van der Waals surface area contributed by atoms with Crippen LogP contribution in [0.3, 0.4) is 0 Å². The number of aliphatic hydroxyl groups is 2. The molecule has 0 spiro atoms. The lowest BCUT2D eigenvalue weighted by Crippen LogP contribution is -2.45. The summed E-state index contributed by atoms with van der Waals surface area (Å²) < 4.78 is 20.3. The summed E-state index contributed by atoms with van der Waals surface area (Å²) >= 11 is 0. The van der Waals surface area contributed by atoms with E-state index in [1.807, 2.05) is 0 Å². The van der Waals surface area contributed by atoms with Crippen LogP contribution in [-0.4, -0.2) is 144 Å². The smallest absolute Gasteiger partial charge is 0.337 e. The lowest BCUT2D eigenvalue weighted by atomic mass is 10.1. The zero-order valence-electron chi connectivity index (χ0n) is 32.9. The number of amides is 4. The van der Waals surface area contributed by atoms with Gasteiger partial charge in [0.2, 0.25) is 0 Å². The van der Waals surface area contributed by atoms with E-state index >= 15 is 0 Å². The standard InChI is InChI=1S/C27H26N2O10.C10H10O4.C4H10O2/c1-14(29-24(32)19-7-5-17(27(36)37)13-21(19)25(29)33)15(2)39-10-3-9-38-11-8-28-22(30)18-6-4-16(26(34)35)12-20(18)23(28)31;1-13-9(11)7-3-5-8(6-4-7)10(12)14-2;5-3-1-2-4-6/h4-7,12-15H,3,8-11H2,1-2H3,(H,34,35)(H,36,37);3-6H,1-2H3;5-6H,1-4H2. The molecule has 3 aromatic carbocycles. The molecule has 2 atom stereocenters. The maximum absolute atomic E-state index is 12.8. The second kappa shape index (κ2) is 22.6. The third-order valence-corrected chi connectivity index (χ3v) is 9.04. The number of carboxylic acid groups (broad SMARTS) is 2. The van der Waals surface area contributed by atoms with E-state index in [1.165, 1.54) is 74.9 Å². The van der Waals surface area contributed by atoms with Crippen molar-refractivity contribution in [2.24, 2.45) is 0 Å². The van der Waals surface area contributed by atoms with Crippen LogP contribution in [0.25, 0.3) is 0 Å². The Morgan fingerprint density at radius 1 is 0.576 bits per heavy atom. The molecule has 0 saturated carbocycles. The second-order valence-corrected chi connectivity index (χ2v) is 12.9. The number of hydrogen-bond acceptors (Lipinski definition) is 14. The monoisotopic (exact) mass is 822 g/mol. The average molecular weight is 823 g/mol. The average Bonchev–Trinajstić information content (AvgIpc) is 3.64. The van der Waals surface area contributed by atoms with Crippen LogP contribution in [-0.2, 0) is 18.9 Å². The van der Waals surface area contributed by atoms with Crippen molar-refractivity contribution in [2.75, 3.05) is 53.8 Å². The van der Waals surface area contributed by atoms with Crippen LogP contribution in [0.5, 0.6) is 0 Å². The van der Waals surface area contributed by atoms with Crippen LogP contribution >= 0.6 is 0 Å². The van der Waals surface area contributed by atoms with Crippen LogP contribution in [0, 0.1) is 0 Å². The number of hydrogen-bond donors (Lipinski definition) is 4. The Bertz CT molecular complexity index is 1990. The molecular formula is C41H46N2O16. The fourth-order valence-electron chi connectivity index (χ4n) is 5.63. The van der Waals surface area contributed by atoms with Crippen LogP contribution in [0.1, 0.15) is 116 Å². The number of carboxylic acids is 2. The molecule has 316 valence electrons. The van der Waals surface area contributed by atoms with Crippen molar-refractivity contribution >= 4 is 47.5 Å². The Morgan fingerprint density at radius 2 is 1.00 bits per heavy atom. The summed E-state index contributed by atoms with van der Waals surface area (Å²) in [6.45, 7) is 4.38. The van der Waals surface area contributed by atoms with Gasteiger partial charge in [0.05, 0.1) is 84.0 Å². The van der Waals surface area contributed by atoms with E-state index < -0.39 is 59.7 Å². The number of aliphatic hydroxyl groups excluding tert-OH is 2. The number of imide groups is 2. The molecule has 0 saturated heterocycles. The highest BCUT2D eigenvalue weighted by Gasteiger charge is 2.41. The van der Waals surface area contributed by atoms with Gasteiger partial charge in [-0.05, 0) is 93.8 Å². The summed E-state index contributed by atoms with van der Waals surface area (Å²) in [6.07, 6.45) is 1.39. The van der Waals surface area contributed by atoms with Gasteiger partial charge in [-0.2, -0.15) is 0 Å². The molecule has 18 nitrogen and oxygen atoms in total. The minimum atomic E-state index is -1.19. The first-order valence-corrected chi connectivity index (χ1v) is 18.3. The van der Waals surface area contributed by atoms with Crippen molar-refractivity contribution in [1.82, 2.24) is 9.80 Å².